The summed E-state index contributed by atoms with van der Waals surface area (Å²) in [7, 11) is 0. The molecular weight excluding hydrogens is 228 g/mol. The van der Waals surface area contributed by atoms with Crippen molar-refractivity contribution in [3.8, 4) is 0 Å². The van der Waals surface area contributed by atoms with Crippen molar-refractivity contribution in [1.29, 1.82) is 0 Å². The topological polar surface area (TPSA) is 0 Å². The van der Waals surface area contributed by atoms with Gasteiger partial charge in [-0.1, -0.05) is 54.4 Å². The molecular formula is C19H36. The Labute approximate surface area is 121 Å². The van der Waals surface area contributed by atoms with Crippen LogP contribution >= 0.6 is 0 Å². The molecule has 0 aromatic rings. The summed E-state index contributed by atoms with van der Waals surface area (Å²) < 4.78 is 0. The molecule has 0 aromatic heterocycles. The minimum absolute atomic E-state index is 0.734. The molecule has 0 saturated heterocycles. The van der Waals surface area contributed by atoms with Crippen molar-refractivity contribution >= 4 is 0 Å². The first-order valence-electron chi connectivity index (χ1n) is 9.11. The molecule has 0 spiro atoms. The van der Waals surface area contributed by atoms with Crippen molar-refractivity contribution in [2.75, 3.05) is 0 Å². The molecule has 7 unspecified atom stereocenters. The maximum Gasteiger partial charge on any atom is -0.0264 e. The molecule has 3 rings (SSSR count). The second-order valence-electron chi connectivity index (χ2n) is 7.61. The van der Waals surface area contributed by atoms with Gasteiger partial charge >= 0.3 is 0 Å². The fourth-order valence-corrected chi connectivity index (χ4v) is 6.53. The van der Waals surface area contributed by atoms with Gasteiger partial charge in [0, 0.05) is 0 Å². The normalized spacial score (nSPS) is 51.5. The van der Waals surface area contributed by atoms with Crippen molar-refractivity contribution in [3.05, 3.63) is 0 Å². The lowest BCUT2D eigenvalue weighted by atomic mass is 9.71. The van der Waals surface area contributed by atoms with Crippen LogP contribution in [-0.2, 0) is 0 Å². The third-order valence-corrected chi connectivity index (χ3v) is 7.24. The molecule has 0 radical (unpaired) electrons. The Morgan fingerprint density at radius 3 is 2.26 bits per heavy atom. The highest BCUT2D eigenvalue weighted by molar-refractivity contribution is 5.09. The summed E-state index contributed by atoms with van der Waals surface area (Å²) >= 11 is 0. The van der Waals surface area contributed by atoms with Crippen LogP contribution in [0, 0.1) is 40.9 Å². The fraction of sp³-hybridized carbons (Fsp3) is 1.00. The number of hydrogen-bond donors (Lipinski definition) is 0. The van der Waals surface area contributed by atoms with E-state index in [2.05, 4.69) is 27.7 Å². The van der Waals surface area contributed by atoms with E-state index in [1.165, 1.54) is 19.3 Å². The van der Waals surface area contributed by atoms with Crippen LogP contribution in [0.4, 0.5) is 0 Å². The van der Waals surface area contributed by atoms with Gasteiger partial charge in [0.25, 0.3) is 0 Å². The molecule has 0 N–H and O–H groups in total. The molecule has 0 aromatic carbocycles. The summed E-state index contributed by atoms with van der Waals surface area (Å²) in [5.41, 5.74) is 0.734. The first-order valence-corrected chi connectivity index (χ1v) is 9.11. The molecule has 3 aliphatic rings. The van der Waals surface area contributed by atoms with Crippen LogP contribution in [0.15, 0.2) is 0 Å². The first-order chi connectivity index (χ1) is 9.11. The summed E-state index contributed by atoms with van der Waals surface area (Å²) in [5, 5.41) is 0. The molecule has 3 fully saturated rings. The van der Waals surface area contributed by atoms with Crippen LogP contribution in [0.3, 0.4) is 0 Å². The highest BCUT2D eigenvalue weighted by Gasteiger charge is 2.60. The zero-order valence-electron chi connectivity index (χ0n) is 14.2. The van der Waals surface area contributed by atoms with Crippen molar-refractivity contribution in [2.24, 2.45) is 40.9 Å². The van der Waals surface area contributed by atoms with E-state index in [0.29, 0.717) is 0 Å². The molecule has 0 nitrogen and oxygen atoms in total. The Kier molecular flexibility index (Phi) is 4.68. The lowest BCUT2D eigenvalue weighted by Gasteiger charge is -2.34. The molecule has 0 heteroatoms. The Balaban J connectivity index is 0.000000637. The Hall–Kier alpha value is 0. The van der Waals surface area contributed by atoms with E-state index < -0.39 is 0 Å². The zero-order valence-corrected chi connectivity index (χ0v) is 14.2. The van der Waals surface area contributed by atoms with Gasteiger partial charge in [-0.15, -0.1) is 0 Å². The molecule has 19 heavy (non-hydrogen) atoms. The predicted molar refractivity (Wildman–Crippen MR) is 85.1 cm³/mol. The third kappa shape index (κ3) is 2.18. The van der Waals surface area contributed by atoms with E-state index in [1.807, 2.05) is 13.8 Å². The zero-order chi connectivity index (χ0) is 14.2. The van der Waals surface area contributed by atoms with Crippen molar-refractivity contribution in [2.45, 2.75) is 80.1 Å². The summed E-state index contributed by atoms with van der Waals surface area (Å²) in [6.07, 6.45) is 9.08. The van der Waals surface area contributed by atoms with E-state index in [0.717, 1.165) is 40.9 Å². The fourth-order valence-electron chi connectivity index (χ4n) is 6.53. The van der Waals surface area contributed by atoms with Gasteiger partial charge in [-0.25, -0.2) is 0 Å². The van der Waals surface area contributed by atoms with Gasteiger partial charge < -0.3 is 0 Å². The average Bonchev–Trinajstić information content (AvgIpc) is 2.97. The van der Waals surface area contributed by atoms with Crippen molar-refractivity contribution in [1.82, 2.24) is 0 Å². The molecule has 3 saturated carbocycles. The summed E-state index contributed by atoms with van der Waals surface area (Å²) in [5.74, 6) is 6.42. The van der Waals surface area contributed by atoms with Gasteiger partial charge in [0.15, 0.2) is 0 Å². The van der Waals surface area contributed by atoms with Crippen LogP contribution in [-0.4, -0.2) is 0 Å². The SMILES string of the molecule is CC.CCC1C(C)CC2C1CC1(C)C(CC)CCC21. The average molecular weight is 264 g/mol. The van der Waals surface area contributed by atoms with Gasteiger partial charge in [0.2, 0.25) is 0 Å². The maximum atomic E-state index is 2.65. The van der Waals surface area contributed by atoms with E-state index >= 15 is 0 Å². The van der Waals surface area contributed by atoms with Crippen LogP contribution in [0.25, 0.3) is 0 Å². The van der Waals surface area contributed by atoms with Gasteiger partial charge in [-0.3, -0.25) is 0 Å². The Morgan fingerprint density at radius 1 is 1.00 bits per heavy atom. The van der Waals surface area contributed by atoms with Crippen LogP contribution < -0.4 is 0 Å². The lowest BCUT2D eigenvalue weighted by Crippen LogP contribution is -2.26. The summed E-state index contributed by atoms with van der Waals surface area (Å²) in [6.45, 7) is 14.0. The molecule has 0 amide bonds. The predicted octanol–water partition coefficient (Wildman–Crippen LogP) is 6.16. The Morgan fingerprint density at radius 2 is 1.68 bits per heavy atom. The monoisotopic (exact) mass is 264 g/mol. The molecule has 0 heterocycles. The minimum atomic E-state index is 0.734. The van der Waals surface area contributed by atoms with Gasteiger partial charge in [-0.2, -0.15) is 0 Å². The van der Waals surface area contributed by atoms with Gasteiger partial charge in [-0.05, 0) is 66.6 Å². The number of hydrogen-bond acceptors (Lipinski definition) is 0. The molecule has 0 bridgehead atoms. The van der Waals surface area contributed by atoms with E-state index in [-0.39, 0.29) is 0 Å². The highest BCUT2D eigenvalue weighted by Crippen LogP contribution is 2.68. The second-order valence-corrected chi connectivity index (χ2v) is 7.61. The molecule has 7 atom stereocenters. The number of fused-ring (bicyclic) bond motifs is 3. The quantitative estimate of drug-likeness (QED) is 0.560. The highest BCUT2D eigenvalue weighted by atomic mass is 14.6. The van der Waals surface area contributed by atoms with Gasteiger partial charge in [0.1, 0.15) is 0 Å². The van der Waals surface area contributed by atoms with Gasteiger partial charge in [0.05, 0.1) is 0 Å². The maximum absolute atomic E-state index is 2.65. The minimum Gasteiger partial charge on any atom is -0.0683 e. The van der Waals surface area contributed by atoms with E-state index in [9.17, 15) is 0 Å². The standard InChI is InChI=1S/C17H30.C2H6/c1-5-12-7-8-16-14-9-11(3)13(6-2)15(14)10-17(12,16)4;1-2/h11-16H,5-10H2,1-4H3;1-2H3. The Bertz CT molecular complexity index is 294. The molecule has 3 aliphatic carbocycles. The summed E-state index contributed by atoms with van der Waals surface area (Å²) in [6, 6.07) is 0. The molecule has 112 valence electrons. The van der Waals surface area contributed by atoms with Crippen LogP contribution in [0.2, 0.25) is 0 Å². The van der Waals surface area contributed by atoms with Crippen molar-refractivity contribution in [3.63, 3.8) is 0 Å². The number of rotatable bonds is 2. The van der Waals surface area contributed by atoms with E-state index in [4.69, 9.17) is 0 Å². The summed E-state index contributed by atoms with van der Waals surface area (Å²) in [4.78, 5) is 0. The molecule has 0 aliphatic heterocycles. The van der Waals surface area contributed by atoms with E-state index in [1.54, 1.807) is 19.3 Å². The van der Waals surface area contributed by atoms with Crippen LogP contribution in [0.5, 0.6) is 0 Å². The van der Waals surface area contributed by atoms with Crippen LogP contribution in [0.1, 0.15) is 80.1 Å². The third-order valence-electron chi connectivity index (χ3n) is 7.24. The largest absolute Gasteiger partial charge is 0.0683 e. The van der Waals surface area contributed by atoms with Crippen molar-refractivity contribution < 1.29 is 0 Å². The first kappa shape index (κ1) is 15.4. The lowest BCUT2D eigenvalue weighted by molar-refractivity contribution is 0.151. The smallest absolute Gasteiger partial charge is 0.0264 e. The second kappa shape index (κ2) is 5.78.